The van der Waals surface area contributed by atoms with Crippen molar-refractivity contribution in [3.8, 4) is 0 Å². The first-order valence-corrected chi connectivity index (χ1v) is 7.80. The van der Waals surface area contributed by atoms with E-state index in [9.17, 15) is 23.4 Å². The topological polar surface area (TPSA) is 191 Å². The Bertz CT molecular complexity index is 410. The number of aliphatic hydroxyl groups excluding tert-OH is 3. The van der Waals surface area contributed by atoms with Crippen molar-refractivity contribution in [3.05, 3.63) is 0 Å². The number of halogens is 1. The van der Waals surface area contributed by atoms with Crippen molar-refractivity contribution in [2.75, 3.05) is 6.61 Å². The summed E-state index contributed by atoms with van der Waals surface area (Å²) in [4.78, 5) is 35.6. The molecule has 20 heavy (non-hydrogen) atoms. The summed E-state index contributed by atoms with van der Waals surface area (Å²) >= 11 is 0. The maximum absolute atomic E-state index is 12.8. The zero-order valence-electron chi connectivity index (χ0n) is 9.59. The maximum Gasteiger partial charge on any atom is 0.481 e. The molecule has 0 aromatic heterocycles. The molecule has 0 rings (SSSR count). The fourth-order valence-corrected chi connectivity index (χ4v) is 2.78. The maximum atomic E-state index is 12.8. The molecule has 0 aliphatic heterocycles. The predicted octanol–water partition coefficient (Wildman–Crippen LogP) is -2.17. The van der Waals surface area contributed by atoms with Crippen molar-refractivity contribution < 1.29 is 57.1 Å². The predicted molar refractivity (Wildman–Crippen MR) is 57.9 cm³/mol. The number of hydrogen-bond donors (Lipinski definition) is 6. The minimum Gasteiger partial charge on any atom is -0.394 e. The highest BCUT2D eigenvalue weighted by Crippen LogP contribution is 2.58. The van der Waals surface area contributed by atoms with Crippen LogP contribution in [-0.2, 0) is 22.8 Å². The Morgan fingerprint density at radius 2 is 1.65 bits per heavy atom. The second-order valence-electron chi connectivity index (χ2n) is 3.43. The van der Waals surface area contributed by atoms with Crippen LogP contribution in [0.4, 0.5) is 4.39 Å². The van der Waals surface area contributed by atoms with E-state index in [1.54, 1.807) is 0 Å². The minimum absolute atomic E-state index is 0.382. The molecule has 5 atom stereocenters. The summed E-state index contributed by atoms with van der Waals surface area (Å²) in [6.45, 7) is -1.25. The second kappa shape index (κ2) is 7.66. The fraction of sp³-hybridized carbons (Fsp3) is 0.833. The molecular weight excluding hydrogens is 329 g/mol. The molecule has 0 bridgehead atoms. The number of aldehydes is 1. The first-order chi connectivity index (χ1) is 8.93. The molecule has 14 heteroatoms. The lowest BCUT2D eigenvalue weighted by Crippen LogP contribution is -2.45. The lowest BCUT2D eigenvalue weighted by molar-refractivity contribution is -0.126. The number of aliphatic hydroxyl groups is 3. The molecule has 0 aromatic carbocycles. The molecule has 0 spiro atoms. The highest BCUT2D eigenvalue weighted by Gasteiger charge is 2.40. The summed E-state index contributed by atoms with van der Waals surface area (Å²) < 4.78 is 41.6. The number of phosphoric acid groups is 2. The number of phosphoric ester groups is 1. The molecule has 0 aromatic rings. The summed E-state index contributed by atoms with van der Waals surface area (Å²) in [5.74, 6) is 0. The van der Waals surface area contributed by atoms with E-state index in [0.717, 1.165) is 0 Å². The van der Waals surface area contributed by atoms with Gasteiger partial charge in [-0.3, -0.25) is 4.52 Å². The highest BCUT2D eigenvalue weighted by molar-refractivity contribution is 7.60. The first-order valence-electron chi connectivity index (χ1n) is 4.78. The Morgan fingerprint density at radius 1 is 1.15 bits per heavy atom. The van der Waals surface area contributed by atoms with Crippen molar-refractivity contribution in [3.63, 3.8) is 0 Å². The summed E-state index contributed by atoms with van der Waals surface area (Å²) in [6.07, 6.45) is -9.86. The van der Waals surface area contributed by atoms with Crippen LogP contribution >= 0.6 is 15.6 Å². The largest absolute Gasteiger partial charge is 0.481 e. The van der Waals surface area contributed by atoms with Gasteiger partial charge in [0.05, 0.1) is 6.61 Å². The quantitative estimate of drug-likeness (QED) is 0.197. The van der Waals surface area contributed by atoms with E-state index in [1.807, 2.05) is 0 Å². The van der Waals surface area contributed by atoms with Crippen molar-refractivity contribution in [2.24, 2.45) is 0 Å². The third-order valence-corrected chi connectivity index (χ3v) is 4.06. The van der Waals surface area contributed by atoms with E-state index in [0.29, 0.717) is 0 Å². The summed E-state index contributed by atoms with van der Waals surface area (Å²) in [7, 11) is -10.9. The molecule has 120 valence electrons. The molecule has 6 N–H and O–H groups in total. The molecule has 0 fully saturated rings. The van der Waals surface area contributed by atoms with Crippen molar-refractivity contribution in [1.29, 1.82) is 0 Å². The van der Waals surface area contributed by atoms with Crippen LogP contribution in [0.5, 0.6) is 0 Å². The zero-order chi connectivity index (χ0) is 16.1. The molecule has 0 aliphatic carbocycles. The van der Waals surface area contributed by atoms with Gasteiger partial charge in [0, 0.05) is 0 Å². The molecule has 0 saturated carbocycles. The molecule has 11 nitrogen and oxygen atoms in total. The van der Waals surface area contributed by atoms with Crippen LogP contribution in [0.3, 0.4) is 0 Å². The monoisotopic (exact) mass is 342 g/mol. The SMILES string of the molecule is O=C[C@@H](F)[C@@H](O)[C@H](O)[C@@H](CO)OP(=O)(O)OP(=O)(O)O. The smallest absolute Gasteiger partial charge is 0.394 e. The van der Waals surface area contributed by atoms with Crippen molar-refractivity contribution >= 4 is 21.9 Å². The van der Waals surface area contributed by atoms with E-state index >= 15 is 0 Å². The van der Waals surface area contributed by atoms with E-state index in [-0.39, 0.29) is 6.29 Å². The molecule has 0 aliphatic rings. The van der Waals surface area contributed by atoms with Crippen molar-refractivity contribution in [1.82, 2.24) is 0 Å². The minimum atomic E-state index is -5.43. The molecule has 1 unspecified atom stereocenters. The van der Waals surface area contributed by atoms with Crippen LogP contribution in [0.2, 0.25) is 0 Å². The van der Waals surface area contributed by atoms with Gasteiger partial charge in [0.25, 0.3) is 0 Å². The van der Waals surface area contributed by atoms with Gasteiger partial charge < -0.3 is 34.8 Å². The third-order valence-electron chi connectivity index (χ3n) is 1.85. The van der Waals surface area contributed by atoms with E-state index in [2.05, 4.69) is 8.83 Å². The second-order valence-corrected chi connectivity index (χ2v) is 6.21. The van der Waals surface area contributed by atoms with Gasteiger partial charge in [-0.15, -0.1) is 0 Å². The van der Waals surface area contributed by atoms with E-state index in [4.69, 9.17) is 24.9 Å². The van der Waals surface area contributed by atoms with Gasteiger partial charge in [-0.25, -0.2) is 13.5 Å². The Balaban J connectivity index is 4.89. The molecule has 0 heterocycles. The lowest BCUT2D eigenvalue weighted by Gasteiger charge is -2.26. The highest BCUT2D eigenvalue weighted by atomic mass is 31.3. The lowest BCUT2D eigenvalue weighted by atomic mass is 10.1. The average molecular weight is 342 g/mol. The Labute approximate surface area is 111 Å². The normalized spacial score (nSPS) is 21.6. The van der Waals surface area contributed by atoms with Gasteiger partial charge in [-0.1, -0.05) is 0 Å². The molecule has 0 amide bonds. The van der Waals surface area contributed by atoms with Crippen LogP contribution in [0.15, 0.2) is 0 Å². The summed E-state index contributed by atoms with van der Waals surface area (Å²) in [5.41, 5.74) is 0. The number of carbonyl (C=O) groups excluding carboxylic acids is 1. The van der Waals surface area contributed by atoms with Gasteiger partial charge in [0.2, 0.25) is 0 Å². The number of alkyl halides is 1. The Kier molecular flexibility index (Phi) is 7.56. The number of rotatable bonds is 9. The standard InChI is InChI=1S/C6H13FO11P2/c7-3(1-8)5(10)6(11)4(2-9)17-20(15,16)18-19(12,13)14/h1,3-6,9-11H,2H2,(H,15,16)(H2,12,13,14)/t3-,4-,5-,6-/m1/s1. The van der Waals surface area contributed by atoms with Gasteiger partial charge >= 0.3 is 15.6 Å². The number of carbonyl (C=O) groups is 1. The van der Waals surface area contributed by atoms with Gasteiger partial charge in [0.1, 0.15) is 18.3 Å². The average Bonchev–Trinajstić information content (AvgIpc) is 2.30. The molecule has 0 radical (unpaired) electrons. The van der Waals surface area contributed by atoms with Crippen LogP contribution in [-0.4, -0.2) is 67.4 Å². The van der Waals surface area contributed by atoms with Crippen LogP contribution in [0.1, 0.15) is 0 Å². The molecular formula is C6H13FO11P2. The summed E-state index contributed by atoms with van der Waals surface area (Å²) in [6, 6.07) is 0. The third kappa shape index (κ3) is 6.95. The van der Waals surface area contributed by atoms with Crippen LogP contribution in [0, 0.1) is 0 Å². The summed E-state index contributed by atoms with van der Waals surface area (Å²) in [5, 5.41) is 27.2. The van der Waals surface area contributed by atoms with E-state index < -0.39 is 46.7 Å². The van der Waals surface area contributed by atoms with E-state index in [1.165, 1.54) is 0 Å². The Morgan fingerprint density at radius 3 is 2.00 bits per heavy atom. The van der Waals surface area contributed by atoms with Crippen LogP contribution in [0.25, 0.3) is 0 Å². The van der Waals surface area contributed by atoms with Gasteiger partial charge in [-0.2, -0.15) is 4.31 Å². The van der Waals surface area contributed by atoms with Gasteiger partial charge in [0.15, 0.2) is 12.5 Å². The number of hydrogen-bond acceptors (Lipinski definition) is 8. The first kappa shape index (κ1) is 19.7. The van der Waals surface area contributed by atoms with Gasteiger partial charge in [-0.05, 0) is 0 Å². The van der Waals surface area contributed by atoms with Crippen molar-refractivity contribution in [2.45, 2.75) is 24.5 Å². The molecule has 0 saturated heterocycles. The fourth-order valence-electron chi connectivity index (χ4n) is 1.02. The van der Waals surface area contributed by atoms with Crippen LogP contribution < -0.4 is 0 Å². The Hall–Kier alpha value is -0.260. The zero-order valence-corrected chi connectivity index (χ0v) is 11.4.